The molecule has 0 aromatic heterocycles. The summed E-state index contributed by atoms with van der Waals surface area (Å²) >= 11 is 0. The van der Waals surface area contributed by atoms with Crippen molar-refractivity contribution in [2.75, 3.05) is 18.5 Å². The topological polar surface area (TPSA) is 73.6 Å². The lowest BCUT2D eigenvalue weighted by atomic mass is 9.65. The molecule has 5 nitrogen and oxygen atoms in total. The fraction of sp³-hybridized carbons (Fsp3) is 0.682. The van der Waals surface area contributed by atoms with Crippen LogP contribution < -0.4 is 11.1 Å². The molecule has 2 atom stereocenters. The van der Waals surface area contributed by atoms with Gasteiger partial charge in [0.25, 0.3) is 0 Å². The first kappa shape index (κ1) is 20.3. The second kappa shape index (κ2) is 9.67. The van der Waals surface area contributed by atoms with Crippen molar-refractivity contribution in [1.29, 1.82) is 0 Å². The zero-order valence-electron chi connectivity index (χ0n) is 16.7. The molecule has 2 saturated carbocycles. The Balaban J connectivity index is 1.48. The van der Waals surface area contributed by atoms with Crippen LogP contribution in [0.25, 0.3) is 0 Å². The van der Waals surface area contributed by atoms with Gasteiger partial charge in [-0.2, -0.15) is 0 Å². The van der Waals surface area contributed by atoms with E-state index in [1.54, 1.807) is 0 Å². The van der Waals surface area contributed by atoms with Crippen molar-refractivity contribution < 1.29 is 14.3 Å². The highest BCUT2D eigenvalue weighted by molar-refractivity contribution is 5.92. The Kier molecular flexibility index (Phi) is 7.27. The first-order valence-corrected chi connectivity index (χ1v) is 10.4. The molecule has 2 unspecified atom stereocenters. The molecule has 0 radical (unpaired) electrons. The lowest BCUT2D eigenvalue weighted by molar-refractivity contribution is -0.122. The third-order valence-electron chi connectivity index (χ3n) is 5.93. The molecule has 2 aliphatic rings. The van der Waals surface area contributed by atoms with Crippen LogP contribution in [-0.2, 0) is 20.9 Å². The van der Waals surface area contributed by atoms with Crippen LogP contribution in [0, 0.1) is 17.8 Å². The van der Waals surface area contributed by atoms with Crippen LogP contribution >= 0.6 is 0 Å². The van der Waals surface area contributed by atoms with Crippen LogP contribution in [0.2, 0.25) is 0 Å². The number of nitrogens with one attached hydrogen (secondary N) is 1. The van der Waals surface area contributed by atoms with Crippen LogP contribution in [0.15, 0.2) is 24.3 Å². The van der Waals surface area contributed by atoms with Gasteiger partial charge in [-0.15, -0.1) is 0 Å². The van der Waals surface area contributed by atoms with Gasteiger partial charge in [0.2, 0.25) is 5.91 Å². The standard InChI is InChI=1S/C22H34N2O3/c1-15(2)27-10-9-26-14-16-5-3-8-20(11-16)24-22(25)19-12-17-6-4-7-18(13-19)21(17)23/h3,5,8,11,15,17-19,21H,4,6-7,9-10,12-14,23H2,1-2H3,(H,24,25). The average Bonchev–Trinajstić information content (AvgIpc) is 2.61. The van der Waals surface area contributed by atoms with E-state index in [0.717, 1.165) is 24.1 Å². The van der Waals surface area contributed by atoms with Crippen molar-refractivity contribution in [3.05, 3.63) is 29.8 Å². The van der Waals surface area contributed by atoms with E-state index in [4.69, 9.17) is 15.2 Å². The summed E-state index contributed by atoms with van der Waals surface area (Å²) in [5.41, 5.74) is 8.25. The quantitative estimate of drug-likeness (QED) is 0.680. The normalized spacial score (nSPS) is 27.6. The Bertz CT molecular complexity index is 605. The molecule has 2 bridgehead atoms. The maximum atomic E-state index is 12.8. The summed E-state index contributed by atoms with van der Waals surface area (Å²) in [7, 11) is 0. The first-order chi connectivity index (χ1) is 13.0. The Morgan fingerprint density at radius 2 is 1.96 bits per heavy atom. The number of anilines is 1. The second-order valence-corrected chi connectivity index (χ2v) is 8.36. The number of fused-ring (bicyclic) bond motifs is 2. The lowest BCUT2D eigenvalue weighted by Gasteiger charge is -2.43. The Labute approximate surface area is 163 Å². The summed E-state index contributed by atoms with van der Waals surface area (Å²) in [4.78, 5) is 12.8. The smallest absolute Gasteiger partial charge is 0.227 e. The third kappa shape index (κ3) is 5.77. The van der Waals surface area contributed by atoms with Gasteiger partial charge in [0.15, 0.2) is 0 Å². The van der Waals surface area contributed by atoms with Crippen molar-refractivity contribution in [3.8, 4) is 0 Å². The molecule has 3 N–H and O–H groups in total. The summed E-state index contributed by atoms with van der Waals surface area (Å²) in [6.07, 6.45) is 5.70. The largest absolute Gasteiger partial charge is 0.376 e. The number of nitrogens with two attached hydrogens (primary N) is 1. The maximum absolute atomic E-state index is 12.8. The third-order valence-corrected chi connectivity index (χ3v) is 5.93. The number of hydrogen-bond donors (Lipinski definition) is 2. The van der Waals surface area contributed by atoms with Gasteiger partial charge >= 0.3 is 0 Å². The molecule has 5 heteroatoms. The van der Waals surface area contributed by atoms with Gasteiger partial charge in [-0.1, -0.05) is 18.6 Å². The Morgan fingerprint density at radius 3 is 2.67 bits per heavy atom. The van der Waals surface area contributed by atoms with Gasteiger partial charge in [0, 0.05) is 17.6 Å². The highest BCUT2D eigenvalue weighted by atomic mass is 16.5. The fourth-order valence-electron chi connectivity index (χ4n) is 4.52. The van der Waals surface area contributed by atoms with Crippen LogP contribution in [0.4, 0.5) is 5.69 Å². The summed E-state index contributed by atoms with van der Waals surface area (Å²) in [5, 5.41) is 3.11. The number of carbonyl (C=O) groups excluding carboxylic acids is 1. The first-order valence-electron chi connectivity index (χ1n) is 10.4. The summed E-state index contributed by atoms with van der Waals surface area (Å²) in [6.45, 7) is 5.71. The summed E-state index contributed by atoms with van der Waals surface area (Å²) in [6, 6.07) is 8.21. The number of ether oxygens (including phenoxy) is 2. The zero-order valence-corrected chi connectivity index (χ0v) is 16.7. The maximum Gasteiger partial charge on any atom is 0.227 e. The molecule has 0 aliphatic heterocycles. The van der Waals surface area contributed by atoms with Gasteiger partial charge in [-0.05, 0) is 69.1 Å². The molecule has 150 valence electrons. The predicted molar refractivity (Wildman–Crippen MR) is 107 cm³/mol. The molecular formula is C22H34N2O3. The van der Waals surface area contributed by atoms with E-state index in [-0.39, 0.29) is 17.9 Å². The van der Waals surface area contributed by atoms with Gasteiger partial charge in [0.05, 0.1) is 25.9 Å². The minimum absolute atomic E-state index is 0.0909. The van der Waals surface area contributed by atoms with Crippen molar-refractivity contribution in [2.24, 2.45) is 23.5 Å². The molecule has 0 saturated heterocycles. The van der Waals surface area contributed by atoms with E-state index < -0.39 is 0 Å². The number of benzene rings is 1. The van der Waals surface area contributed by atoms with Crippen molar-refractivity contribution >= 4 is 11.6 Å². The SMILES string of the molecule is CC(C)OCCOCc1cccc(NC(=O)C2CC3CCCC(C2)C3N)c1. The zero-order chi connectivity index (χ0) is 19.2. The molecule has 27 heavy (non-hydrogen) atoms. The molecule has 1 aromatic carbocycles. The van der Waals surface area contributed by atoms with E-state index in [0.29, 0.717) is 37.7 Å². The highest BCUT2D eigenvalue weighted by Crippen LogP contribution is 2.42. The fourth-order valence-corrected chi connectivity index (χ4v) is 4.52. The van der Waals surface area contributed by atoms with Gasteiger partial charge in [-0.25, -0.2) is 0 Å². The lowest BCUT2D eigenvalue weighted by Crippen LogP contribution is -2.48. The van der Waals surface area contributed by atoms with Crippen LogP contribution in [-0.4, -0.2) is 31.3 Å². The number of amides is 1. The van der Waals surface area contributed by atoms with E-state index in [1.807, 2.05) is 38.1 Å². The molecule has 3 rings (SSSR count). The summed E-state index contributed by atoms with van der Waals surface area (Å²) < 4.78 is 11.1. The van der Waals surface area contributed by atoms with Crippen molar-refractivity contribution in [2.45, 2.75) is 64.7 Å². The van der Waals surface area contributed by atoms with Crippen molar-refractivity contribution in [3.63, 3.8) is 0 Å². The van der Waals surface area contributed by atoms with E-state index >= 15 is 0 Å². The number of carbonyl (C=O) groups is 1. The number of hydrogen-bond acceptors (Lipinski definition) is 4. The molecule has 1 amide bonds. The van der Waals surface area contributed by atoms with Crippen LogP contribution in [0.3, 0.4) is 0 Å². The summed E-state index contributed by atoms with van der Waals surface area (Å²) in [5.74, 6) is 1.26. The Morgan fingerprint density at radius 1 is 1.22 bits per heavy atom. The Hall–Kier alpha value is -1.43. The van der Waals surface area contributed by atoms with Gasteiger partial charge in [-0.3, -0.25) is 4.79 Å². The van der Waals surface area contributed by atoms with Gasteiger partial charge in [0.1, 0.15) is 0 Å². The number of rotatable bonds is 8. The van der Waals surface area contributed by atoms with E-state index in [2.05, 4.69) is 5.32 Å². The minimum Gasteiger partial charge on any atom is -0.376 e. The molecule has 0 spiro atoms. The molecule has 1 aromatic rings. The van der Waals surface area contributed by atoms with E-state index in [9.17, 15) is 4.79 Å². The van der Waals surface area contributed by atoms with Gasteiger partial charge < -0.3 is 20.5 Å². The highest BCUT2D eigenvalue weighted by Gasteiger charge is 2.40. The molecule has 2 fully saturated rings. The minimum atomic E-state index is 0.0909. The van der Waals surface area contributed by atoms with Crippen LogP contribution in [0.5, 0.6) is 0 Å². The average molecular weight is 375 g/mol. The monoisotopic (exact) mass is 374 g/mol. The molecule has 0 heterocycles. The van der Waals surface area contributed by atoms with Crippen molar-refractivity contribution in [1.82, 2.24) is 0 Å². The van der Waals surface area contributed by atoms with Crippen LogP contribution in [0.1, 0.15) is 51.5 Å². The molecule has 2 aliphatic carbocycles. The predicted octanol–water partition coefficient (Wildman–Crippen LogP) is 3.72. The second-order valence-electron chi connectivity index (χ2n) is 8.36. The van der Waals surface area contributed by atoms with E-state index in [1.165, 1.54) is 19.3 Å². The molecular weight excluding hydrogens is 340 g/mol.